The number of aliphatic imine (C=N–C) groups is 1. The first-order chi connectivity index (χ1) is 14.9. The largest absolute Gasteiger partial charge is 0.497 e. The van der Waals surface area contributed by atoms with Gasteiger partial charge in [-0.25, -0.2) is 4.99 Å². The zero-order valence-electron chi connectivity index (χ0n) is 18.3. The summed E-state index contributed by atoms with van der Waals surface area (Å²) in [6, 6.07) is 12.2. The average molecular weight is 562 g/mol. The Bertz CT molecular complexity index is 880. The molecule has 176 valence electrons. The van der Waals surface area contributed by atoms with Crippen molar-refractivity contribution < 1.29 is 23.0 Å². The van der Waals surface area contributed by atoms with Gasteiger partial charge < -0.3 is 25.4 Å². The predicted molar refractivity (Wildman–Crippen MR) is 132 cm³/mol. The number of rotatable bonds is 10. The van der Waals surface area contributed by atoms with Crippen LogP contribution in [-0.4, -0.2) is 38.7 Å². The number of guanidine groups is 1. The van der Waals surface area contributed by atoms with Crippen molar-refractivity contribution in [2.24, 2.45) is 4.99 Å². The fourth-order valence-electron chi connectivity index (χ4n) is 2.81. The number of carbonyl (C=O) groups excluding carboxylic acids is 1. The van der Waals surface area contributed by atoms with Gasteiger partial charge in [-0.3, -0.25) is 4.79 Å². The van der Waals surface area contributed by atoms with E-state index in [0.717, 1.165) is 17.7 Å². The van der Waals surface area contributed by atoms with E-state index in [-0.39, 0.29) is 42.2 Å². The zero-order valence-corrected chi connectivity index (χ0v) is 20.6. The molecule has 0 radical (unpaired) electrons. The molecule has 32 heavy (non-hydrogen) atoms. The van der Waals surface area contributed by atoms with Gasteiger partial charge >= 0.3 is 6.61 Å². The van der Waals surface area contributed by atoms with Gasteiger partial charge in [0.2, 0.25) is 5.91 Å². The molecule has 0 aliphatic rings. The van der Waals surface area contributed by atoms with E-state index < -0.39 is 6.61 Å². The fourth-order valence-corrected chi connectivity index (χ4v) is 2.81. The summed E-state index contributed by atoms with van der Waals surface area (Å²) in [5.41, 5.74) is 2.34. The Labute approximate surface area is 204 Å². The van der Waals surface area contributed by atoms with Crippen LogP contribution in [0, 0.1) is 0 Å². The number of hydrogen-bond donors (Lipinski definition) is 3. The molecule has 0 aromatic heterocycles. The lowest BCUT2D eigenvalue weighted by atomic mass is 10.1. The number of ether oxygens (including phenoxy) is 2. The van der Waals surface area contributed by atoms with Crippen LogP contribution in [0.1, 0.15) is 25.0 Å². The Hall–Kier alpha value is -2.63. The molecule has 2 aromatic rings. The van der Waals surface area contributed by atoms with Crippen molar-refractivity contribution in [3.05, 3.63) is 53.6 Å². The van der Waals surface area contributed by atoms with E-state index in [1.807, 2.05) is 31.2 Å². The number of anilines is 1. The van der Waals surface area contributed by atoms with Crippen molar-refractivity contribution in [1.82, 2.24) is 10.6 Å². The molecule has 0 unspecified atom stereocenters. The summed E-state index contributed by atoms with van der Waals surface area (Å²) in [4.78, 5) is 15.6. The highest BCUT2D eigenvalue weighted by molar-refractivity contribution is 14.0. The molecule has 0 saturated heterocycles. The Morgan fingerprint density at radius 2 is 1.84 bits per heavy atom. The number of carbonyl (C=O) groups is 1. The number of hydrogen-bond acceptors (Lipinski definition) is 4. The summed E-state index contributed by atoms with van der Waals surface area (Å²) < 4.78 is 35.1. The molecular weight excluding hydrogens is 533 g/mol. The number of nitrogens with zero attached hydrogens (tertiary/aromatic N) is 1. The summed E-state index contributed by atoms with van der Waals surface area (Å²) in [6.07, 6.45) is 0.740. The lowest BCUT2D eigenvalue weighted by Crippen LogP contribution is -2.38. The highest BCUT2D eigenvalue weighted by Gasteiger charge is 2.11. The first kappa shape index (κ1) is 27.4. The summed E-state index contributed by atoms with van der Waals surface area (Å²) in [7, 11) is 1.50. The van der Waals surface area contributed by atoms with Gasteiger partial charge in [0.15, 0.2) is 5.96 Å². The van der Waals surface area contributed by atoms with Gasteiger partial charge in [-0.2, -0.15) is 8.78 Å². The lowest BCUT2D eigenvalue weighted by Gasteiger charge is -2.14. The molecule has 0 bridgehead atoms. The maximum absolute atomic E-state index is 12.7. The van der Waals surface area contributed by atoms with Gasteiger partial charge in [-0.05, 0) is 49.2 Å². The maximum Gasteiger partial charge on any atom is 0.387 e. The van der Waals surface area contributed by atoms with Crippen molar-refractivity contribution in [2.75, 3.05) is 25.5 Å². The van der Waals surface area contributed by atoms with Gasteiger partial charge in [0.1, 0.15) is 11.5 Å². The quantitative estimate of drug-likeness (QED) is 0.230. The molecule has 0 saturated carbocycles. The SMILES string of the molecule is CCNC(=NCc1cc(OC)ccc1OC(F)F)NCCc1ccc(NC(C)=O)cc1.I. The Kier molecular flexibility index (Phi) is 12.4. The molecule has 0 atom stereocenters. The Morgan fingerprint density at radius 1 is 1.12 bits per heavy atom. The average Bonchev–Trinajstić information content (AvgIpc) is 2.73. The molecular formula is C22H29F2IN4O3. The summed E-state index contributed by atoms with van der Waals surface area (Å²) in [5.74, 6) is 1.05. The van der Waals surface area contributed by atoms with Crippen molar-refractivity contribution in [2.45, 2.75) is 33.4 Å². The van der Waals surface area contributed by atoms with Crippen LogP contribution in [-0.2, 0) is 17.8 Å². The van der Waals surface area contributed by atoms with Crippen LogP contribution in [0.5, 0.6) is 11.5 Å². The monoisotopic (exact) mass is 562 g/mol. The van der Waals surface area contributed by atoms with Gasteiger partial charge in [0.25, 0.3) is 0 Å². The predicted octanol–water partition coefficient (Wildman–Crippen LogP) is 4.17. The Morgan fingerprint density at radius 3 is 2.44 bits per heavy atom. The fraction of sp³-hybridized carbons (Fsp3) is 0.364. The number of benzene rings is 2. The second kappa shape index (κ2) is 14.4. The summed E-state index contributed by atoms with van der Waals surface area (Å²) >= 11 is 0. The second-order valence-corrected chi connectivity index (χ2v) is 6.60. The van der Waals surface area contributed by atoms with E-state index in [1.54, 1.807) is 12.1 Å². The normalized spacial score (nSPS) is 10.9. The summed E-state index contributed by atoms with van der Waals surface area (Å²) in [5, 5.41) is 9.08. The number of nitrogens with one attached hydrogen (secondary N) is 3. The van der Waals surface area contributed by atoms with E-state index in [1.165, 1.54) is 20.1 Å². The minimum Gasteiger partial charge on any atom is -0.497 e. The second-order valence-electron chi connectivity index (χ2n) is 6.60. The molecule has 0 aliphatic heterocycles. The lowest BCUT2D eigenvalue weighted by molar-refractivity contribution is -0.114. The van der Waals surface area contributed by atoms with Crippen molar-refractivity contribution >= 4 is 41.5 Å². The first-order valence-corrected chi connectivity index (χ1v) is 9.91. The van der Waals surface area contributed by atoms with Crippen LogP contribution < -0.4 is 25.4 Å². The zero-order chi connectivity index (χ0) is 22.6. The smallest absolute Gasteiger partial charge is 0.387 e. The van der Waals surface area contributed by atoms with Gasteiger partial charge in [0.05, 0.1) is 13.7 Å². The van der Waals surface area contributed by atoms with Gasteiger partial charge in [-0.1, -0.05) is 12.1 Å². The molecule has 10 heteroatoms. The maximum atomic E-state index is 12.7. The third-order valence-corrected chi connectivity index (χ3v) is 4.22. The highest BCUT2D eigenvalue weighted by Crippen LogP contribution is 2.26. The molecule has 2 rings (SSSR count). The minimum absolute atomic E-state index is 0. The molecule has 0 fully saturated rings. The molecule has 0 spiro atoms. The van der Waals surface area contributed by atoms with Gasteiger partial charge in [-0.15, -0.1) is 24.0 Å². The molecule has 0 heterocycles. The van der Waals surface area contributed by atoms with Crippen LogP contribution in [0.4, 0.5) is 14.5 Å². The van der Waals surface area contributed by atoms with E-state index in [4.69, 9.17) is 4.74 Å². The standard InChI is InChI=1S/C22H28F2N4O3.HI/c1-4-25-22(26-12-11-16-5-7-18(8-6-16)28-15(2)29)27-14-17-13-19(30-3)9-10-20(17)31-21(23)24;/h5-10,13,21H,4,11-12,14H2,1-3H3,(H,28,29)(H2,25,26,27);1H. The highest BCUT2D eigenvalue weighted by atomic mass is 127. The molecule has 7 nitrogen and oxygen atoms in total. The van der Waals surface area contributed by atoms with Crippen molar-refractivity contribution in [3.8, 4) is 11.5 Å². The molecule has 3 N–H and O–H groups in total. The topological polar surface area (TPSA) is 84.0 Å². The third kappa shape index (κ3) is 9.67. The van der Waals surface area contributed by atoms with E-state index in [9.17, 15) is 13.6 Å². The van der Waals surface area contributed by atoms with E-state index in [0.29, 0.717) is 30.4 Å². The molecule has 0 aliphatic carbocycles. The van der Waals surface area contributed by atoms with E-state index in [2.05, 4.69) is 25.7 Å². The number of methoxy groups -OCH3 is 1. The number of amides is 1. The number of alkyl halides is 2. The van der Waals surface area contributed by atoms with Crippen LogP contribution in [0.2, 0.25) is 0 Å². The summed E-state index contributed by atoms with van der Waals surface area (Å²) in [6.45, 7) is 1.89. The van der Waals surface area contributed by atoms with E-state index >= 15 is 0 Å². The van der Waals surface area contributed by atoms with Crippen LogP contribution in [0.25, 0.3) is 0 Å². The Balaban J connectivity index is 0.00000512. The van der Waals surface area contributed by atoms with Crippen molar-refractivity contribution in [3.63, 3.8) is 0 Å². The third-order valence-electron chi connectivity index (χ3n) is 4.22. The van der Waals surface area contributed by atoms with Crippen LogP contribution in [0.3, 0.4) is 0 Å². The van der Waals surface area contributed by atoms with Crippen LogP contribution in [0.15, 0.2) is 47.5 Å². The first-order valence-electron chi connectivity index (χ1n) is 9.91. The molecule has 1 amide bonds. The van der Waals surface area contributed by atoms with Crippen LogP contribution >= 0.6 is 24.0 Å². The molecule has 2 aromatic carbocycles. The van der Waals surface area contributed by atoms with Gasteiger partial charge in [0, 0.05) is 31.3 Å². The minimum atomic E-state index is -2.92. The van der Waals surface area contributed by atoms with Crippen molar-refractivity contribution in [1.29, 1.82) is 0 Å². The number of halogens is 3.